The zero-order valence-corrected chi connectivity index (χ0v) is 35.3. The molecule has 2 heterocycles. The van der Waals surface area contributed by atoms with E-state index >= 15 is 0 Å². The van der Waals surface area contributed by atoms with Crippen LogP contribution in [0.15, 0.2) is 67.5 Å². The molecule has 49 heavy (non-hydrogen) atoms. The molecule has 2 aliphatic rings. The van der Waals surface area contributed by atoms with E-state index in [0.717, 1.165) is 15.7 Å². The molecule has 264 valence electrons. The van der Waals surface area contributed by atoms with E-state index in [-0.39, 0.29) is 38.3 Å². The smallest absolute Gasteiger partial charge is 0.220 e. The molecule has 1 N–H and O–H groups in total. The first kappa shape index (κ1) is 40.8. The quantitative estimate of drug-likeness (QED) is 0.144. The lowest BCUT2D eigenvalue weighted by Gasteiger charge is -2.26. The zero-order chi connectivity index (χ0) is 36.0. The average molecular weight is 983 g/mol. The van der Waals surface area contributed by atoms with Gasteiger partial charge in [-0.2, -0.15) is 0 Å². The molecule has 0 spiro atoms. The van der Waals surface area contributed by atoms with Crippen LogP contribution in [-0.4, -0.2) is 37.2 Å². The van der Waals surface area contributed by atoms with Crippen molar-refractivity contribution >= 4 is 115 Å². The number of sulfone groups is 1. The van der Waals surface area contributed by atoms with Crippen molar-refractivity contribution < 1.29 is 26.7 Å². The number of nitrogens with zero attached hydrogens (tertiary/aromatic N) is 2. The van der Waals surface area contributed by atoms with Gasteiger partial charge in [0.25, 0.3) is 0 Å². The first-order valence-electron chi connectivity index (χ1n) is 14.6. The molecule has 2 saturated carbocycles. The minimum atomic E-state index is -3.37. The van der Waals surface area contributed by atoms with Gasteiger partial charge in [0.05, 0.1) is 35.1 Å². The number of alkyl halides is 1. The second kappa shape index (κ2) is 18.2. The molecule has 2 aliphatic carbocycles. The van der Waals surface area contributed by atoms with Crippen LogP contribution >= 0.6 is 94.2 Å². The first-order chi connectivity index (χ1) is 23.1. The van der Waals surface area contributed by atoms with Crippen molar-refractivity contribution in [3.05, 3.63) is 89.0 Å². The fraction of sp³-hybridized carbons (Fsp3) is 0.312. The number of aryl methyl sites for hydroxylation is 2. The second-order valence-corrected chi connectivity index (χ2v) is 18.9. The summed E-state index contributed by atoms with van der Waals surface area (Å²) in [5.74, 6) is 0.760. The van der Waals surface area contributed by atoms with Gasteiger partial charge in [-0.25, -0.2) is 22.6 Å². The Labute approximate surface area is 333 Å². The summed E-state index contributed by atoms with van der Waals surface area (Å²) in [4.78, 5) is 9.51. The SMILES string of the molecule is BrC1CCC1.Cc1cnc(Oc2c(Cl)cc(Br)cc2Cl)cc1S(=O)(=O)C1CCC1.Cc1cnc(Oc2c(Cl)cc(Br)cc2Cl)cc1S(=O)O. The highest BCUT2D eigenvalue weighted by Crippen LogP contribution is 2.41. The standard InChI is InChI=1S/C16H14BrCl2NO3S.C12H8BrCl2NO3S.C4H7Br/c1-9-8-20-15(7-14(9)24(21,22)11-3-2-4-11)23-16-12(18)5-10(17)6-13(16)19;1-6-5-16-11(4-10(6)20(17)18)19-12-8(14)2-7(13)3-9(12)15;5-4-2-1-3-4/h5-8,11H,2-4H2,1H3;2-5H,1H3,(H,17,18);4H,1-3H2. The zero-order valence-electron chi connectivity index (χ0n) is 25.9. The highest BCUT2D eigenvalue weighted by atomic mass is 79.9. The molecule has 0 saturated heterocycles. The number of rotatable bonds is 7. The molecule has 0 amide bonds. The fourth-order valence-corrected chi connectivity index (χ4v) is 10.1. The maximum atomic E-state index is 12.7. The summed E-state index contributed by atoms with van der Waals surface area (Å²) in [5, 5.41) is 0.906. The Morgan fingerprint density at radius 3 is 1.53 bits per heavy atom. The lowest BCUT2D eigenvalue weighted by Crippen LogP contribution is -2.29. The van der Waals surface area contributed by atoms with Gasteiger partial charge in [-0.1, -0.05) is 107 Å². The van der Waals surface area contributed by atoms with E-state index in [2.05, 4.69) is 57.8 Å². The van der Waals surface area contributed by atoms with E-state index in [4.69, 9.17) is 55.9 Å². The maximum Gasteiger partial charge on any atom is 0.220 e. The number of benzene rings is 2. The molecule has 1 atom stereocenters. The Hall–Kier alpha value is -1.000. The highest BCUT2D eigenvalue weighted by molar-refractivity contribution is 9.10. The normalized spacial score (nSPS) is 15.1. The lowest BCUT2D eigenvalue weighted by atomic mass is 10.00. The van der Waals surface area contributed by atoms with Crippen molar-refractivity contribution in [2.45, 2.75) is 72.2 Å². The molecule has 8 nitrogen and oxygen atoms in total. The predicted molar refractivity (Wildman–Crippen MR) is 207 cm³/mol. The molecule has 0 aliphatic heterocycles. The van der Waals surface area contributed by atoms with Crippen LogP contribution in [0.1, 0.15) is 49.7 Å². The van der Waals surface area contributed by atoms with Crippen LogP contribution in [0.4, 0.5) is 0 Å². The number of ether oxygens (including phenoxy) is 2. The Bertz CT molecular complexity index is 1920. The summed E-state index contributed by atoms with van der Waals surface area (Å²) in [5.41, 5.74) is 1.19. The van der Waals surface area contributed by atoms with Gasteiger partial charge in [0.2, 0.25) is 11.8 Å². The Morgan fingerprint density at radius 1 is 0.755 bits per heavy atom. The van der Waals surface area contributed by atoms with Gasteiger partial charge >= 0.3 is 0 Å². The van der Waals surface area contributed by atoms with Gasteiger partial charge in [-0.15, -0.1) is 0 Å². The van der Waals surface area contributed by atoms with E-state index in [1.54, 1.807) is 38.1 Å². The summed E-state index contributed by atoms with van der Waals surface area (Å²) in [6.07, 6.45) is 9.52. The average Bonchev–Trinajstić information content (AvgIpc) is 2.96. The highest BCUT2D eigenvalue weighted by Gasteiger charge is 2.34. The lowest BCUT2D eigenvalue weighted by molar-refractivity contribution is 0.457. The molecule has 6 rings (SSSR count). The molecule has 4 aromatic rings. The minimum Gasteiger partial charge on any atom is -0.436 e. The minimum absolute atomic E-state index is 0.138. The van der Waals surface area contributed by atoms with Crippen molar-refractivity contribution in [1.29, 1.82) is 0 Å². The summed E-state index contributed by atoms with van der Waals surface area (Å²) >= 11 is 32.3. The maximum absolute atomic E-state index is 12.7. The Balaban J connectivity index is 0.000000195. The van der Waals surface area contributed by atoms with Gasteiger partial charge < -0.3 is 14.0 Å². The van der Waals surface area contributed by atoms with E-state index in [1.807, 2.05) is 0 Å². The number of hydrogen-bond donors (Lipinski definition) is 1. The van der Waals surface area contributed by atoms with Crippen LogP contribution in [0.3, 0.4) is 0 Å². The predicted octanol–water partition coefficient (Wildman–Crippen LogP) is 12.3. The van der Waals surface area contributed by atoms with Crippen molar-refractivity contribution in [3.8, 4) is 23.3 Å². The summed E-state index contributed by atoms with van der Waals surface area (Å²) in [6.45, 7) is 3.40. The molecular formula is C32H29Br3Cl4N2O6S2. The Morgan fingerprint density at radius 2 is 1.16 bits per heavy atom. The molecule has 2 fully saturated rings. The molecular weight excluding hydrogens is 954 g/mol. The third kappa shape index (κ3) is 11.0. The topological polar surface area (TPSA) is 116 Å². The van der Waals surface area contributed by atoms with Gasteiger partial charge in [0.15, 0.2) is 32.4 Å². The van der Waals surface area contributed by atoms with Crippen LogP contribution in [0.2, 0.25) is 20.1 Å². The van der Waals surface area contributed by atoms with E-state index in [0.29, 0.717) is 48.5 Å². The van der Waals surface area contributed by atoms with E-state index in [9.17, 15) is 17.2 Å². The number of hydrogen-bond acceptors (Lipinski definition) is 7. The first-order valence-corrected chi connectivity index (χ1v) is 21.3. The van der Waals surface area contributed by atoms with Crippen LogP contribution in [0.25, 0.3) is 0 Å². The molecule has 1 unspecified atom stereocenters. The Kier molecular flexibility index (Phi) is 15.1. The van der Waals surface area contributed by atoms with Crippen LogP contribution in [0.5, 0.6) is 23.3 Å². The van der Waals surface area contributed by atoms with Crippen molar-refractivity contribution in [3.63, 3.8) is 0 Å². The summed E-state index contributed by atoms with van der Waals surface area (Å²) in [6, 6.07) is 9.36. The fourth-order valence-electron chi connectivity index (χ4n) is 4.26. The van der Waals surface area contributed by atoms with Gasteiger partial charge in [0.1, 0.15) is 0 Å². The van der Waals surface area contributed by atoms with Crippen molar-refractivity contribution in [2.75, 3.05) is 0 Å². The summed E-state index contributed by atoms with van der Waals surface area (Å²) < 4.78 is 58.3. The van der Waals surface area contributed by atoms with Crippen molar-refractivity contribution in [2.24, 2.45) is 0 Å². The molecule has 17 heteroatoms. The van der Waals surface area contributed by atoms with Crippen LogP contribution in [0, 0.1) is 13.8 Å². The number of pyridine rings is 2. The summed E-state index contributed by atoms with van der Waals surface area (Å²) in [7, 11) is -3.37. The third-order valence-corrected chi connectivity index (χ3v) is 13.6. The molecule has 2 aromatic heterocycles. The third-order valence-electron chi connectivity index (χ3n) is 7.42. The van der Waals surface area contributed by atoms with E-state index in [1.165, 1.54) is 43.8 Å². The monoisotopic (exact) mass is 978 g/mol. The number of halogens is 7. The van der Waals surface area contributed by atoms with E-state index < -0.39 is 20.9 Å². The second-order valence-electron chi connectivity index (χ2n) is 11.1. The largest absolute Gasteiger partial charge is 0.436 e. The van der Waals surface area contributed by atoms with Gasteiger partial charge in [-0.3, -0.25) is 0 Å². The van der Waals surface area contributed by atoms with Gasteiger partial charge in [0, 0.05) is 38.3 Å². The van der Waals surface area contributed by atoms with Gasteiger partial charge in [-0.05, 0) is 74.9 Å². The molecule has 0 bridgehead atoms. The number of aromatic nitrogens is 2. The van der Waals surface area contributed by atoms with Crippen molar-refractivity contribution in [1.82, 2.24) is 9.97 Å². The molecule has 2 aromatic carbocycles. The van der Waals surface area contributed by atoms with Crippen LogP contribution in [-0.2, 0) is 20.9 Å². The van der Waals surface area contributed by atoms with Crippen LogP contribution < -0.4 is 9.47 Å². The molecule has 0 radical (unpaired) electrons.